The van der Waals surface area contributed by atoms with E-state index in [0.717, 1.165) is 19.4 Å². The lowest BCUT2D eigenvalue weighted by molar-refractivity contribution is -0.154. The van der Waals surface area contributed by atoms with Crippen molar-refractivity contribution < 1.29 is 23.8 Å². The second kappa shape index (κ2) is 8.75. The number of hydrogen-bond acceptors (Lipinski definition) is 6. The summed E-state index contributed by atoms with van der Waals surface area (Å²) in [5.74, 6) is 0.0780. The second-order valence-electron chi connectivity index (χ2n) is 8.49. The molecule has 3 aliphatic rings. The number of piperidine rings is 1. The third kappa shape index (κ3) is 5.56. The van der Waals surface area contributed by atoms with Gasteiger partial charge in [0.15, 0.2) is 0 Å². The number of likely N-dealkylation sites (tertiary alicyclic amines) is 1. The molecule has 8 heteroatoms. The molecule has 3 rings (SSSR count). The first-order valence-corrected chi connectivity index (χ1v) is 10.0. The van der Waals surface area contributed by atoms with Gasteiger partial charge in [-0.2, -0.15) is 0 Å². The summed E-state index contributed by atoms with van der Waals surface area (Å²) < 4.78 is 16.6. The summed E-state index contributed by atoms with van der Waals surface area (Å²) in [6.07, 6.45) is 1.18. The van der Waals surface area contributed by atoms with Crippen molar-refractivity contribution in [1.82, 2.24) is 14.7 Å². The molecule has 0 aliphatic carbocycles. The number of ether oxygens (including phenoxy) is 3. The zero-order valence-electron chi connectivity index (χ0n) is 16.8. The molecule has 154 valence electrons. The molecule has 0 aromatic carbocycles. The Balaban J connectivity index is 1.48. The van der Waals surface area contributed by atoms with E-state index in [1.165, 1.54) is 0 Å². The molecule has 0 N–H and O–H groups in total. The van der Waals surface area contributed by atoms with Crippen molar-refractivity contribution in [3.05, 3.63) is 0 Å². The highest BCUT2D eigenvalue weighted by molar-refractivity contribution is 5.81. The molecule has 1 atom stereocenters. The van der Waals surface area contributed by atoms with E-state index >= 15 is 0 Å². The lowest BCUT2D eigenvalue weighted by atomic mass is 10.0. The highest BCUT2D eigenvalue weighted by Crippen LogP contribution is 2.22. The van der Waals surface area contributed by atoms with Crippen LogP contribution in [0.3, 0.4) is 0 Å². The van der Waals surface area contributed by atoms with E-state index in [1.807, 2.05) is 25.7 Å². The highest BCUT2D eigenvalue weighted by atomic mass is 16.6. The average Bonchev–Trinajstić information content (AvgIpc) is 2.67. The zero-order chi connectivity index (χ0) is 19.4. The van der Waals surface area contributed by atoms with Crippen molar-refractivity contribution in [3.8, 4) is 0 Å². The van der Waals surface area contributed by atoms with E-state index in [1.54, 1.807) is 4.90 Å². The van der Waals surface area contributed by atoms with Gasteiger partial charge in [0.2, 0.25) is 0 Å². The summed E-state index contributed by atoms with van der Waals surface area (Å²) in [7, 11) is 0. The third-order valence-electron chi connectivity index (χ3n) is 5.33. The van der Waals surface area contributed by atoms with Crippen molar-refractivity contribution >= 4 is 12.0 Å². The van der Waals surface area contributed by atoms with Crippen LogP contribution in [0.1, 0.15) is 33.6 Å². The minimum absolute atomic E-state index is 0.0780. The molecule has 0 bridgehead atoms. The van der Waals surface area contributed by atoms with Crippen LogP contribution in [-0.2, 0) is 19.0 Å². The third-order valence-corrected chi connectivity index (χ3v) is 5.33. The standard InChI is InChI=1S/C19H33N3O5/c1-19(2,3)27-18(24)21-6-4-15(5-7-21)22-10-13-26-16(14-22)17(23)20-8-11-25-12-9-20/h15-16H,4-14H2,1-3H3. The molecule has 3 fully saturated rings. The molecule has 3 saturated heterocycles. The molecule has 0 aromatic heterocycles. The first kappa shape index (κ1) is 20.4. The molecule has 0 spiro atoms. The average molecular weight is 383 g/mol. The van der Waals surface area contributed by atoms with E-state index in [4.69, 9.17) is 14.2 Å². The highest BCUT2D eigenvalue weighted by Gasteiger charge is 2.35. The van der Waals surface area contributed by atoms with Crippen LogP contribution in [-0.4, -0.2) is 104 Å². The normalized spacial score (nSPS) is 26.1. The summed E-state index contributed by atoms with van der Waals surface area (Å²) in [6.45, 7) is 11.6. The smallest absolute Gasteiger partial charge is 0.410 e. The van der Waals surface area contributed by atoms with Gasteiger partial charge in [0.25, 0.3) is 5.91 Å². The first-order chi connectivity index (χ1) is 12.8. The Morgan fingerprint density at radius 1 is 0.926 bits per heavy atom. The van der Waals surface area contributed by atoms with E-state index < -0.39 is 5.60 Å². The fourth-order valence-electron chi connectivity index (χ4n) is 3.88. The van der Waals surface area contributed by atoms with E-state index in [2.05, 4.69) is 4.90 Å². The van der Waals surface area contributed by atoms with Crippen LogP contribution in [0.15, 0.2) is 0 Å². The van der Waals surface area contributed by atoms with Crippen molar-refractivity contribution in [2.75, 3.05) is 59.1 Å². The molecule has 2 amide bonds. The Labute approximate surface area is 161 Å². The molecule has 27 heavy (non-hydrogen) atoms. The number of amides is 2. The monoisotopic (exact) mass is 383 g/mol. The van der Waals surface area contributed by atoms with Gasteiger partial charge in [-0.25, -0.2) is 4.79 Å². The number of nitrogens with zero attached hydrogens (tertiary/aromatic N) is 3. The zero-order valence-corrected chi connectivity index (χ0v) is 16.8. The van der Waals surface area contributed by atoms with Crippen LogP contribution < -0.4 is 0 Å². The van der Waals surface area contributed by atoms with Gasteiger partial charge in [-0.15, -0.1) is 0 Å². The molecule has 8 nitrogen and oxygen atoms in total. The maximum absolute atomic E-state index is 12.7. The van der Waals surface area contributed by atoms with Gasteiger partial charge < -0.3 is 24.0 Å². The molecule has 0 radical (unpaired) electrons. The van der Waals surface area contributed by atoms with E-state index in [0.29, 0.717) is 58.6 Å². The number of rotatable bonds is 2. The van der Waals surface area contributed by atoms with Gasteiger partial charge in [-0.05, 0) is 33.6 Å². The summed E-state index contributed by atoms with van der Waals surface area (Å²) >= 11 is 0. The summed E-state index contributed by atoms with van der Waals surface area (Å²) in [5, 5.41) is 0. The second-order valence-corrected chi connectivity index (χ2v) is 8.49. The van der Waals surface area contributed by atoms with Gasteiger partial charge in [0.05, 0.1) is 19.8 Å². The van der Waals surface area contributed by atoms with Crippen molar-refractivity contribution in [1.29, 1.82) is 0 Å². The SMILES string of the molecule is CC(C)(C)OC(=O)N1CCC(N2CCOC(C(=O)N3CCOCC3)C2)CC1. The number of carbonyl (C=O) groups excluding carboxylic acids is 2. The maximum atomic E-state index is 12.7. The number of hydrogen-bond donors (Lipinski definition) is 0. The van der Waals surface area contributed by atoms with Crippen LogP contribution in [0.4, 0.5) is 4.79 Å². The summed E-state index contributed by atoms with van der Waals surface area (Å²) in [4.78, 5) is 30.9. The minimum Gasteiger partial charge on any atom is -0.444 e. The largest absolute Gasteiger partial charge is 0.444 e. The maximum Gasteiger partial charge on any atom is 0.410 e. The fourth-order valence-corrected chi connectivity index (χ4v) is 3.88. The summed E-state index contributed by atoms with van der Waals surface area (Å²) in [6, 6.07) is 0.382. The topological polar surface area (TPSA) is 71.6 Å². The summed E-state index contributed by atoms with van der Waals surface area (Å²) in [5.41, 5.74) is -0.467. The van der Waals surface area contributed by atoms with Crippen LogP contribution in [0, 0.1) is 0 Å². The minimum atomic E-state index is -0.467. The number of morpholine rings is 2. The van der Waals surface area contributed by atoms with E-state index in [9.17, 15) is 9.59 Å². The lowest BCUT2D eigenvalue weighted by Gasteiger charge is -2.42. The van der Waals surface area contributed by atoms with Crippen LogP contribution in [0.5, 0.6) is 0 Å². The Kier molecular flexibility index (Phi) is 6.60. The van der Waals surface area contributed by atoms with Crippen LogP contribution in [0.2, 0.25) is 0 Å². The molecule has 3 heterocycles. The van der Waals surface area contributed by atoms with Gasteiger partial charge in [0, 0.05) is 45.3 Å². The molecular weight excluding hydrogens is 350 g/mol. The number of carbonyl (C=O) groups is 2. The Morgan fingerprint density at radius 3 is 2.22 bits per heavy atom. The quantitative estimate of drug-likeness (QED) is 0.707. The molecule has 0 saturated carbocycles. The predicted octanol–water partition coefficient (Wildman–Crippen LogP) is 0.946. The fraction of sp³-hybridized carbons (Fsp3) is 0.895. The van der Waals surface area contributed by atoms with Crippen molar-refractivity contribution in [3.63, 3.8) is 0 Å². The Bertz CT molecular complexity index is 522. The predicted molar refractivity (Wildman–Crippen MR) is 99.5 cm³/mol. The van der Waals surface area contributed by atoms with Crippen LogP contribution in [0.25, 0.3) is 0 Å². The first-order valence-electron chi connectivity index (χ1n) is 10.0. The Hall–Kier alpha value is -1.38. The molecular formula is C19H33N3O5. The van der Waals surface area contributed by atoms with Gasteiger partial charge >= 0.3 is 6.09 Å². The van der Waals surface area contributed by atoms with E-state index in [-0.39, 0.29) is 18.1 Å². The van der Waals surface area contributed by atoms with Gasteiger partial charge in [-0.3, -0.25) is 9.69 Å². The molecule has 0 aromatic rings. The van der Waals surface area contributed by atoms with Crippen molar-refractivity contribution in [2.45, 2.75) is 51.4 Å². The van der Waals surface area contributed by atoms with Gasteiger partial charge in [-0.1, -0.05) is 0 Å². The van der Waals surface area contributed by atoms with Crippen molar-refractivity contribution in [2.24, 2.45) is 0 Å². The Morgan fingerprint density at radius 2 is 1.59 bits per heavy atom. The molecule has 3 aliphatic heterocycles. The van der Waals surface area contributed by atoms with Crippen LogP contribution >= 0.6 is 0 Å². The molecule has 1 unspecified atom stereocenters. The lowest BCUT2D eigenvalue weighted by Crippen LogP contribution is -2.57. The van der Waals surface area contributed by atoms with Gasteiger partial charge in [0.1, 0.15) is 11.7 Å².